The van der Waals surface area contributed by atoms with Crippen LogP contribution in [0.4, 0.5) is 0 Å². The van der Waals surface area contributed by atoms with Crippen molar-refractivity contribution in [2.24, 2.45) is 0 Å². The van der Waals surface area contributed by atoms with Crippen molar-refractivity contribution in [2.45, 2.75) is 26.1 Å². The molecule has 0 fully saturated rings. The zero-order valence-corrected chi connectivity index (χ0v) is 17.0. The summed E-state index contributed by atoms with van der Waals surface area (Å²) in [6.07, 6.45) is -0.396. The molecule has 0 heterocycles. The van der Waals surface area contributed by atoms with Gasteiger partial charge in [-0.05, 0) is 37.2 Å². The molecule has 0 aliphatic rings. The number of benzene rings is 2. The minimum Gasteiger partial charge on any atom is -0.356 e. The zero-order chi connectivity index (χ0) is 20.2. The molecular formula is C21H27N3O3S. The number of hydrogen-bond acceptors (Lipinski definition) is 4. The Kier molecular flexibility index (Phi) is 9.41. The fourth-order valence-corrected chi connectivity index (χ4v) is 2.87. The molecule has 3 N–H and O–H groups in total. The largest absolute Gasteiger partial charge is 0.356 e. The van der Waals surface area contributed by atoms with Crippen LogP contribution in [-0.2, 0) is 14.3 Å². The van der Waals surface area contributed by atoms with Crippen LogP contribution in [0.2, 0.25) is 0 Å². The van der Waals surface area contributed by atoms with Gasteiger partial charge in [0.15, 0.2) is 11.4 Å². The third-order valence-electron chi connectivity index (χ3n) is 3.96. The van der Waals surface area contributed by atoms with Crippen molar-refractivity contribution in [1.29, 1.82) is 0 Å². The SMILES string of the molecule is CCOC(CNC(=S)NNC(=O)C(c1ccccc1)c1ccccc1)OCC. The van der Waals surface area contributed by atoms with Gasteiger partial charge in [-0.1, -0.05) is 60.7 Å². The maximum atomic E-state index is 12.9. The van der Waals surface area contributed by atoms with E-state index in [-0.39, 0.29) is 11.0 Å². The number of amides is 1. The summed E-state index contributed by atoms with van der Waals surface area (Å²) in [5.41, 5.74) is 7.25. The van der Waals surface area contributed by atoms with Crippen molar-refractivity contribution in [3.05, 3.63) is 71.8 Å². The van der Waals surface area contributed by atoms with Crippen molar-refractivity contribution in [3.63, 3.8) is 0 Å². The lowest BCUT2D eigenvalue weighted by atomic mass is 9.91. The summed E-state index contributed by atoms with van der Waals surface area (Å²) in [4.78, 5) is 12.9. The highest BCUT2D eigenvalue weighted by molar-refractivity contribution is 7.80. The lowest BCUT2D eigenvalue weighted by molar-refractivity contribution is -0.131. The second-order valence-corrected chi connectivity index (χ2v) is 6.33. The summed E-state index contributed by atoms with van der Waals surface area (Å²) < 4.78 is 10.9. The molecule has 0 radical (unpaired) electrons. The van der Waals surface area contributed by atoms with Gasteiger partial charge in [0, 0.05) is 13.2 Å². The first-order valence-corrected chi connectivity index (χ1v) is 9.73. The van der Waals surface area contributed by atoms with Crippen molar-refractivity contribution < 1.29 is 14.3 Å². The molecule has 1 amide bonds. The molecule has 0 atom stereocenters. The Morgan fingerprint density at radius 3 is 1.86 bits per heavy atom. The van der Waals surface area contributed by atoms with Gasteiger partial charge in [-0.15, -0.1) is 0 Å². The molecule has 0 spiro atoms. The van der Waals surface area contributed by atoms with E-state index in [1.54, 1.807) is 0 Å². The van der Waals surface area contributed by atoms with Crippen LogP contribution in [0, 0.1) is 0 Å². The molecule has 150 valence electrons. The molecule has 0 unspecified atom stereocenters. The van der Waals surface area contributed by atoms with Gasteiger partial charge in [0.2, 0.25) is 5.91 Å². The lowest BCUT2D eigenvalue weighted by Gasteiger charge is -2.21. The van der Waals surface area contributed by atoms with Crippen LogP contribution < -0.4 is 16.2 Å². The first kappa shape index (κ1) is 21.8. The van der Waals surface area contributed by atoms with Gasteiger partial charge in [0.1, 0.15) is 0 Å². The number of rotatable bonds is 9. The number of nitrogens with one attached hydrogen (secondary N) is 3. The second-order valence-electron chi connectivity index (χ2n) is 5.92. The maximum absolute atomic E-state index is 12.9. The van der Waals surface area contributed by atoms with Gasteiger partial charge < -0.3 is 14.8 Å². The van der Waals surface area contributed by atoms with Gasteiger partial charge in [-0.25, -0.2) is 0 Å². The summed E-state index contributed by atoms with van der Waals surface area (Å²) in [6, 6.07) is 19.2. The molecule has 28 heavy (non-hydrogen) atoms. The van der Waals surface area contributed by atoms with E-state index in [1.807, 2.05) is 74.5 Å². The molecule has 2 aromatic carbocycles. The van der Waals surface area contributed by atoms with Gasteiger partial charge >= 0.3 is 0 Å². The Hall–Kier alpha value is -2.48. The fraction of sp³-hybridized carbons (Fsp3) is 0.333. The molecule has 0 aromatic heterocycles. The third-order valence-corrected chi connectivity index (χ3v) is 4.21. The Morgan fingerprint density at radius 2 is 1.39 bits per heavy atom. The van der Waals surface area contributed by atoms with Gasteiger partial charge in [-0.3, -0.25) is 15.6 Å². The summed E-state index contributed by atoms with van der Waals surface area (Å²) in [7, 11) is 0. The van der Waals surface area contributed by atoms with Crippen molar-refractivity contribution in [2.75, 3.05) is 19.8 Å². The average molecular weight is 402 g/mol. The predicted molar refractivity (Wildman–Crippen MR) is 114 cm³/mol. The number of thiocarbonyl (C=S) groups is 1. The molecule has 0 aliphatic carbocycles. The summed E-state index contributed by atoms with van der Waals surface area (Å²) >= 11 is 5.23. The Morgan fingerprint density at radius 1 is 0.893 bits per heavy atom. The number of hydrazine groups is 1. The van der Waals surface area contributed by atoms with Crippen LogP contribution in [0.1, 0.15) is 30.9 Å². The van der Waals surface area contributed by atoms with E-state index in [9.17, 15) is 4.79 Å². The van der Waals surface area contributed by atoms with E-state index < -0.39 is 12.2 Å². The second kappa shape index (κ2) is 12.1. The third kappa shape index (κ3) is 6.92. The van der Waals surface area contributed by atoms with E-state index in [1.165, 1.54) is 0 Å². The highest BCUT2D eigenvalue weighted by atomic mass is 32.1. The van der Waals surface area contributed by atoms with Crippen LogP contribution in [0.15, 0.2) is 60.7 Å². The van der Waals surface area contributed by atoms with Crippen molar-refractivity contribution in [1.82, 2.24) is 16.2 Å². The fourth-order valence-electron chi connectivity index (χ4n) is 2.73. The van der Waals surface area contributed by atoms with Crippen molar-refractivity contribution >= 4 is 23.2 Å². The van der Waals surface area contributed by atoms with Gasteiger partial charge in [-0.2, -0.15) is 0 Å². The molecule has 2 rings (SSSR count). The summed E-state index contributed by atoms with van der Waals surface area (Å²) in [5, 5.41) is 3.27. The van der Waals surface area contributed by atoms with E-state index in [2.05, 4.69) is 16.2 Å². The standard InChI is InChI=1S/C21H27N3O3S/c1-3-26-18(27-4-2)15-22-21(28)24-23-20(25)19(16-11-7-5-8-12-16)17-13-9-6-10-14-17/h5-14,18-19H,3-4,15H2,1-2H3,(H,23,25)(H2,22,24,28). The molecular weight excluding hydrogens is 374 g/mol. The minimum absolute atomic E-state index is 0.201. The Labute approximate surface area is 171 Å². The summed E-state index contributed by atoms with van der Waals surface area (Å²) in [5.74, 6) is -0.648. The van der Waals surface area contributed by atoms with E-state index in [0.717, 1.165) is 11.1 Å². The normalized spacial score (nSPS) is 10.7. The Balaban J connectivity index is 1.95. The smallest absolute Gasteiger partial charge is 0.250 e. The van der Waals surface area contributed by atoms with E-state index >= 15 is 0 Å². The molecule has 2 aromatic rings. The lowest BCUT2D eigenvalue weighted by Crippen LogP contribution is -2.50. The predicted octanol–water partition coefficient (Wildman–Crippen LogP) is 2.71. The number of hydrogen-bond donors (Lipinski definition) is 3. The van der Waals surface area contributed by atoms with E-state index in [0.29, 0.717) is 19.8 Å². The number of carbonyl (C=O) groups is 1. The highest BCUT2D eigenvalue weighted by Crippen LogP contribution is 2.24. The first-order chi connectivity index (χ1) is 13.7. The van der Waals surface area contributed by atoms with Crippen LogP contribution in [0.5, 0.6) is 0 Å². The van der Waals surface area contributed by atoms with Gasteiger partial charge in [0.05, 0.1) is 12.5 Å². The first-order valence-electron chi connectivity index (χ1n) is 9.32. The molecule has 0 saturated heterocycles. The van der Waals surface area contributed by atoms with Gasteiger partial charge in [0.25, 0.3) is 0 Å². The molecule has 7 heteroatoms. The highest BCUT2D eigenvalue weighted by Gasteiger charge is 2.22. The average Bonchev–Trinajstić information content (AvgIpc) is 2.72. The van der Waals surface area contributed by atoms with Crippen LogP contribution in [-0.4, -0.2) is 37.1 Å². The van der Waals surface area contributed by atoms with Crippen LogP contribution in [0.3, 0.4) is 0 Å². The monoisotopic (exact) mass is 401 g/mol. The molecule has 6 nitrogen and oxygen atoms in total. The molecule has 0 bridgehead atoms. The summed E-state index contributed by atoms with van der Waals surface area (Å²) in [6.45, 7) is 5.26. The zero-order valence-electron chi connectivity index (χ0n) is 16.2. The van der Waals surface area contributed by atoms with E-state index in [4.69, 9.17) is 21.7 Å². The van der Waals surface area contributed by atoms with Crippen LogP contribution >= 0.6 is 12.2 Å². The quantitative estimate of drug-likeness (QED) is 0.341. The Bertz CT molecular complexity index is 683. The molecule has 0 saturated carbocycles. The minimum atomic E-state index is -0.447. The van der Waals surface area contributed by atoms with Crippen molar-refractivity contribution in [3.8, 4) is 0 Å². The number of carbonyl (C=O) groups excluding carboxylic acids is 1. The maximum Gasteiger partial charge on any atom is 0.250 e. The van der Waals surface area contributed by atoms with Crippen LogP contribution in [0.25, 0.3) is 0 Å². The topological polar surface area (TPSA) is 71.6 Å². The molecule has 0 aliphatic heterocycles. The number of ether oxygens (including phenoxy) is 2.